The summed E-state index contributed by atoms with van der Waals surface area (Å²) in [5, 5.41) is 2.66. The topological polar surface area (TPSA) is 52.3 Å². The Morgan fingerprint density at radius 1 is 1.53 bits per heavy atom. The van der Waals surface area contributed by atoms with Crippen LogP contribution in [-0.2, 0) is 0 Å². The molecule has 0 spiro atoms. The van der Waals surface area contributed by atoms with Crippen LogP contribution in [0.5, 0.6) is 5.75 Å². The summed E-state index contributed by atoms with van der Waals surface area (Å²) in [7, 11) is 1.55. The van der Waals surface area contributed by atoms with Crippen molar-refractivity contribution in [3.63, 3.8) is 0 Å². The zero-order chi connectivity index (χ0) is 12.3. The first-order chi connectivity index (χ1) is 8.24. The van der Waals surface area contributed by atoms with Gasteiger partial charge in [-0.15, -0.1) is 0 Å². The summed E-state index contributed by atoms with van der Waals surface area (Å²) in [6, 6.07) is 1.70. The van der Waals surface area contributed by atoms with Crippen LogP contribution in [-0.4, -0.2) is 26.8 Å². The molecule has 7 heteroatoms. The lowest BCUT2D eigenvalue weighted by Gasteiger charge is -2.07. The third-order valence-corrected chi connectivity index (χ3v) is 2.30. The Kier molecular flexibility index (Phi) is 3.49. The Morgan fingerprint density at radius 2 is 2.35 bits per heavy atom. The molecule has 0 unspecified atom stereocenters. The second-order valence-electron chi connectivity index (χ2n) is 3.03. The van der Waals surface area contributed by atoms with Gasteiger partial charge in [-0.05, 0) is 12.2 Å². The number of aliphatic imine (C=N–C) groups is 1. The van der Waals surface area contributed by atoms with Crippen molar-refractivity contribution in [1.29, 1.82) is 0 Å². The number of aromatic nitrogens is 3. The molecule has 0 aliphatic carbocycles. The average molecular weight is 267 g/mol. The standard InChI is InChI=1S/C10H7ClN4OS/c1-16-8-2-7(14-6-17)3-12-10(8)15-4-9(11)13-5-15/h2-5H,1H3. The quantitative estimate of drug-likeness (QED) is 0.633. The molecule has 0 radical (unpaired) electrons. The molecule has 0 aliphatic rings. The largest absolute Gasteiger partial charge is 0.493 e. The molecule has 2 rings (SSSR count). The lowest BCUT2D eigenvalue weighted by Crippen LogP contribution is -1.98. The van der Waals surface area contributed by atoms with E-state index in [0.717, 1.165) is 0 Å². The van der Waals surface area contributed by atoms with Crippen LogP contribution in [0.25, 0.3) is 5.82 Å². The van der Waals surface area contributed by atoms with E-state index >= 15 is 0 Å². The summed E-state index contributed by atoms with van der Waals surface area (Å²) in [6.45, 7) is 0. The van der Waals surface area contributed by atoms with Crippen molar-refractivity contribution in [2.24, 2.45) is 4.99 Å². The van der Waals surface area contributed by atoms with Crippen molar-refractivity contribution < 1.29 is 4.74 Å². The molecular formula is C10H7ClN4OS. The van der Waals surface area contributed by atoms with Crippen LogP contribution in [0, 0.1) is 0 Å². The highest BCUT2D eigenvalue weighted by Crippen LogP contribution is 2.25. The molecule has 0 saturated heterocycles. The Balaban J connectivity index is 2.51. The number of pyridine rings is 1. The zero-order valence-electron chi connectivity index (χ0n) is 8.79. The molecule has 86 valence electrons. The van der Waals surface area contributed by atoms with Gasteiger partial charge in [-0.25, -0.2) is 9.97 Å². The number of nitrogens with zero attached hydrogens (tertiary/aromatic N) is 4. The van der Waals surface area contributed by atoms with E-state index in [4.69, 9.17) is 16.3 Å². The van der Waals surface area contributed by atoms with Gasteiger partial charge in [-0.2, -0.15) is 4.99 Å². The lowest BCUT2D eigenvalue weighted by molar-refractivity contribution is 0.411. The van der Waals surface area contributed by atoms with Crippen molar-refractivity contribution in [3.05, 3.63) is 29.9 Å². The Hall–Kier alpha value is -1.75. The lowest BCUT2D eigenvalue weighted by atomic mass is 10.4. The number of halogens is 1. The van der Waals surface area contributed by atoms with Gasteiger partial charge in [0.2, 0.25) is 0 Å². The highest BCUT2D eigenvalue weighted by molar-refractivity contribution is 7.78. The monoisotopic (exact) mass is 266 g/mol. The van der Waals surface area contributed by atoms with E-state index in [2.05, 4.69) is 32.3 Å². The van der Waals surface area contributed by atoms with E-state index < -0.39 is 0 Å². The summed E-state index contributed by atoms with van der Waals surface area (Å²) < 4.78 is 6.88. The summed E-state index contributed by atoms with van der Waals surface area (Å²) in [6.07, 6.45) is 4.74. The predicted molar refractivity (Wildman–Crippen MR) is 67.6 cm³/mol. The molecule has 17 heavy (non-hydrogen) atoms. The predicted octanol–water partition coefficient (Wildman–Crippen LogP) is 2.66. The van der Waals surface area contributed by atoms with Crippen LogP contribution in [0.1, 0.15) is 0 Å². The van der Waals surface area contributed by atoms with E-state index in [1.54, 1.807) is 36.5 Å². The molecule has 5 nitrogen and oxygen atoms in total. The molecule has 0 amide bonds. The van der Waals surface area contributed by atoms with E-state index in [0.29, 0.717) is 22.4 Å². The SMILES string of the molecule is COc1cc(N=C=S)cnc1-n1cnc(Cl)c1. The minimum atomic E-state index is 0.384. The number of hydrogen-bond acceptors (Lipinski definition) is 5. The molecule has 2 aromatic rings. The molecule has 0 aliphatic heterocycles. The Bertz CT molecular complexity index is 592. The van der Waals surface area contributed by atoms with Crippen molar-refractivity contribution in [2.75, 3.05) is 7.11 Å². The van der Waals surface area contributed by atoms with Gasteiger partial charge < -0.3 is 4.74 Å². The van der Waals surface area contributed by atoms with E-state index in [-0.39, 0.29) is 0 Å². The summed E-state index contributed by atoms with van der Waals surface area (Å²) in [4.78, 5) is 11.9. The minimum absolute atomic E-state index is 0.384. The maximum atomic E-state index is 5.74. The first-order valence-corrected chi connectivity index (χ1v) is 5.35. The Labute approximate surface area is 108 Å². The third-order valence-electron chi connectivity index (χ3n) is 2.01. The maximum Gasteiger partial charge on any atom is 0.181 e. The van der Waals surface area contributed by atoms with Gasteiger partial charge >= 0.3 is 0 Å². The van der Waals surface area contributed by atoms with Crippen molar-refractivity contribution in [2.45, 2.75) is 0 Å². The first-order valence-electron chi connectivity index (χ1n) is 4.56. The van der Waals surface area contributed by atoms with Crippen LogP contribution in [0.4, 0.5) is 5.69 Å². The summed E-state index contributed by atoms with van der Waals surface area (Å²) in [5.41, 5.74) is 0.576. The molecule has 2 heterocycles. The number of hydrogen-bond donors (Lipinski definition) is 0. The number of thiocarbonyl (C=S) groups is 1. The van der Waals surface area contributed by atoms with Gasteiger partial charge in [-0.3, -0.25) is 4.57 Å². The number of methoxy groups -OCH3 is 1. The molecule has 0 saturated carbocycles. The van der Waals surface area contributed by atoms with Crippen molar-refractivity contribution in [3.8, 4) is 11.6 Å². The highest BCUT2D eigenvalue weighted by atomic mass is 35.5. The second-order valence-corrected chi connectivity index (χ2v) is 3.60. The van der Waals surface area contributed by atoms with Crippen LogP contribution < -0.4 is 4.74 Å². The van der Waals surface area contributed by atoms with Crippen LogP contribution >= 0.6 is 23.8 Å². The average Bonchev–Trinajstić information content (AvgIpc) is 2.76. The van der Waals surface area contributed by atoms with Gasteiger partial charge in [0.05, 0.1) is 24.2 Å². The molecular weight excluding hydrogens is 260 g/mol. The Morgan fingerprint density at radius 3 is 2.94 bits per heavy atom. The number of ether oxygens (including phenoxy) is 1. The van der Waals surface area contributed by atoms with Crippen LogP contribution in [0.15, 0.2) is 29.8 Å². The van der Waals surface area contributed by atoms with E-state index in [1.807, 2.05) is 0 Å². The van der Waals surface area contributed by atoms with Gasteiger partial charge in [0.1, 0.15) is 11.5 Å². The second kappa shape index (κ2) is 5.05. The summed E-state index contributed by atoms with van der Waals surface area (Å²) >= 11 is 10.3. The van der Waals surface area contributed by atoms with Crippen LogP contribution in [0.3, 0.4) is 0 Å². The first kappa shape index (κ1) is 11.7. The van der Waals surface area contributed by atoms with Crippen molar-refractivity contribution >= 4 is 34.7 Å². The molecule has 0 fully saturated rings. The van der Waals surface area contributed by atoms with Crippen molar-refractivity contribution in [1.82, 2.24) is 14.5 Å². The zero-order valence-corrected chi connectivity index (χ0v) is 10.4. The number of isothiocyanates is 1. The highest BCUT2D eigenvalue weighted by Gasteiger charge is 2.08. The minimum Gasteiger partial charge on any atom is -0.493 e. The number of rotatable bonds is 3. The fraction of sp³-hybridized carbons (Fsp3) is 0.100. The van der Waals surface area contributed by atoms with Crippen LogP contribution in [0.2, 0.25) is 5.15 Å². The number of imidazole rings is 1. The van der Waals surface area contributed by atoms with E-state index in [9.17, 15) is 0 Å². The third kappa shape index (κ3) is 2.50. The van der Waals surface area contributed by atoms with Gasteiger partial charge in [-0.1, -0.05) is 11.6 Å². The summed E-state index contributed by atoms with van der Waals surface area (Å²) in [5.74, 6) is 1.13. The fourth-order valence-corrected chi connectivity index (χ4v) is 1.55. The van der Waals surface area contributed by atoms with E-state index in [1.165, 1.54) is 0 Å². The van der Waals surface area contributed by atoms with Gasteiger partial charge in [0.15, 0.2) is 11.6 Å². The molecule has 0 bridgehead atoms. The molecule has 2 aromatic heterocycles. The molecule has 0 N–H and O–H groups in total. The normalized spacial score (nSPS) is 9.76. The molecule has 0 aromatic carbocycles. The fourth-order valence-electron chi connectivity index (χ4n) is 1.30. The van der Waals surface area contributed by atoms with Gasteiger partial charge in [0.25, 0.3) is 0 Å². The maximum absolute atomic E-state index is 5.74. The molecule has 0 atom stereocenters. The smallest absolute Gasteiger partial charge is 0.181 e. The van der Waals surface area contributed by atoms with Gasteiger partial charge in [0, 0.05) is 12.3 Å².